The van der Waals surface area contributed by atoms with Crippen LogP contribution >= 0.6 is 0 Å². The average molecular weight is 363 g/mol. The number of hydrogen-bond donors (Lipinski definition) is 0. The number of rotatable bonds is 2. The summed E-state index contributed by atoms with van der Waals surface area (Å²) in [4.78, 5) is 0. The minimum atomic E-state index is 0. The Morgan fingerprint density at radius 2 is 1.68 bits per heavy atom. The Hall–Kier alpha value is -1.66. The summed E-state index contributed by atoms with van der Waals surface area (Å²) < 4.78 is 5.52. The quantitative estimate of drug-likeness (QED) is 0.598. The van der Waals surface area contributed by atoms with E-state index in [0.717, 1.165) is 11.3 Å². The fourth-order valence-corrected chi connectivity index (χ4v) is 2.96. The first-order valence-corrected chi connectivity index (χ1v) is 7.12. The SMILES string of the molecule is Cc1ccc2c(c1-c1ccccc1)C=C(c1ccco1)[CH]2.[Zr]. The predicted octanol–water partition coefficient (Wildman–Crippen LogP) is 5.36. The molecule has 0 fully saturated rings. The van der Waals surface area contributed by atoms with E-state index in [9.17, 15) is 0 Å². The zero-order valence-electron chi connectivity index (χ0n) is 12.3. The summed E-state index contributed by atoms with van der Waals surface area (Å²) in [6.45, 7) is 2.17. The van der Waals surface area contributed by atoms with Crippen LogP contribution in [-0.2, 0) is 26.2 Å². The van der Waals surface area contributed by atoms with Gasteiger partial charge < -0.3 is 4.42 Å². The predicted molar refractivity (Wildman–Crippen MR) is 86.6 cm³/mol. The molecule has 2 heteroatoms. The summed E-state index contributed by atoms with van der Waals surface area (Å²) in [5.74, 6) is 0.919. The molecule has 1 aliphatic carbocycles. The molecule has 4 rings (SSSR count). The van der Waals surface area contributed by atoms with E-state index in [-0.39, 0.29) is 26.2 Å². The maximum atomic E-state index is 5.52. The van der Waals surface area contributed by atoms with Gasteiger partial charge in [-0.15, -0.1) is 0 Å². The molecular formula is C20H15OZr. The van der Waals surface area contributed by atoms with Crippen LogP contribution < -0.4 is 0 Å². The number of furan rings is 1. The van der Waals surface area contributed by atoms with Gasteiger partial charge in [-0.2, -0.15) is 0 Å². The van der Waals surface area contributed by atoms with Crippen molar-refractivity contribution < 1.29 is 30.6 Å². The Morgan fingerprint density at radius 1 is 0.864 bits per heavy atom. The van der Waals surface area contributed by atoms with Crippen LogP contribution in [0.3, 0.4) is 0 Å². The normalized spacial score (nSPS) is 12.5. The van der Waals surface area contributed by atoms with Crippen LogP contribution in [0, 0.1) is 13.3 Å². The molecule has 2 aromatic carbocycles. The van der Waals surface area contributed by atoms with Gasteiger partial charge in [0.25, 0.3) is 0 Å². The number of aryl methyl sites for hydroxylation is 1. The van der Waals surface area contributed by atoms with Crippen molar-refractivity contribution in [1.82, 2.24) is 0 Å². The van der Waals surface area contributed by atoms with Crippen molar-refractivity contribution in [3.8, 4) is 11.1 Å². The molecule has 1 heterocycles. The topological polar surface area (TPSA) is 13.1 Å². The van der Waals surface area contributed by atoms with E-state index in [1.54, 1.807) is 6.26 Å². The zero-order chi connectivity index (χ0) is 14.2. The maximum Gasteiger partial charge on any atom is 0.130 e. The van der Waals surface area contributed by atoms with Crippen molar-refractivity contribution in [3.63, 3.8) is 0 Å². The fourth-order valence-electron chi connectivity index (χ4n) is 2.96. The molecule has 0 saturated carbocycles. The van der Waals surface area contributed by atoms with Crippen LogP contribution in [0.15, 0.2) is 65.3 Å². The molecule has 0 N–H and O–H groups in total. The van der Waals surface area contributed by atoms with E-state index in [1.165, 1.54) is 27.8 Å². The standard InChI is InChI=1S/C20H15O.Zr/c1-14-9-10-16-12-17(19-8-5-11-21-19)13-18(16)20(14)15-6-3-2-4-7-15;/h2-13H,1H3;. The maximum absolute atomic E-state index is 5.52. The smallest absolute Gasteiger partial charge is 0.130 e. The second-order valence-corrected chi connectivity index (χ2v) is 5.35. The van der Waals surface area contributed by atoms with Crippen LogP contribution in [0.2, 0.25) is 0 Å². The minimum absolute atomic E-state index is 0. The third-order valence-corrected chi connectivity index (χ3v) is 3.97. The molecule has 1 nitrogen and oxygen atoms in total. The van der Waals surface area contributed by atoms with Gasteiger partial charge in [0.2, 0.25) is 0 Å². The molecule has 22 heavy (non-hydrogen) atoms. The fraction of sp³-hybridized carbons (Fsp3) is 0.0500. The first-order valence-electron chi connectivity index (χ1n) is 7.12. The van der Waals surface area contributed by atoms with Gasteiger partial charge in [-0.1, -0.05) is 42.5 Å². The monoisotopic (exact) mass is 361 g/mol. The third kappa shape index (κ3) is 2.57. The van der Waals surface area contributed by atoms with E-state index in [0.29, 0.717) is 0 Å². The van der Waals surface area contributed by atoms with Gasteiger partial charge >= 0.3 is 0 Å². The van der Waals surface area contributed by atoms with Crippen LogP contribution in [0.1, 0.15) is 22.5 Å². The van der Waals surface area contributed by atoms with E-state index >= 15 is 0 Å². The van der Waals surface area contributed by atoms with Gasteiger partial charge in [-0.25, -0.2) is 0 Å². The second-order valence-electron chi connectivity index (χ2n) is 5.35. The molecule has 0 aliphatic heterocycles. The number of benzene rings is 2. The van der Waals surface area contributed by atoms with Gasteiger partial charge in [0.05, 0.1) is 6.26 Å². The number of allylic oxidation sites excluding steroid dienone is 1. The first-order chi connectivity index (χ1) is 10.3. The molecule has 1 aliphatic rings. The molecule has 0 spiro atoms. The molecule has 0 atom stereocenters. The Kier molecular flexibility index (Phi) is 4.31. The summed E-state index contributed by atoms with van der Waals surface area (Å²) in [5, 5.41) is 0. The Balaban J connectivity index is 0.00000144. The average Bonchev–Trinajstić information content (AvgIpc) is 3.17. The Bertz CT molecular complexity index is 814. The van der Waals surface area contributed by atoms with Gasteiger partial charge in [0, 0.05) is 38.2 Å². The molecule has 105 valence electrons. The summed E-state index contributed by atoms with van der Waals surface area (Å²) in [7, 11) is 0. The number of hydrogen-bond acceptors (Lipinski definition) is 1. The van der Waals surface area contributed by atoms with Crippen LogP contribution in [-0.4, -0.2) is 0 Å². The molecule has 0 saturated heterocycles. The van der Waals surface area contributed by atoms with E-state index < -0.39 is 0 Å². The van der Waals surface area contributed by atoms with Crippen LogP contribution in [0.5, 0.6) is 0 Å². The molecular weight excluding hydrogens is 347 g/mol. The molecule has 0 bridgehead atoms. The molecule has 0 unspecified atom stereocenters. The van der Waals surface area contributed by atoms with Crippen molar-refractivity contribution in [3.05, 3.63) is 89.7 Å². The number of fused-ring (bicyclic) bond motifs is 1. The van der Waals surface area contributed by atoms with Crippen molar-refractivity contribution in [2.24, 2.45) is 0 Å². The van der Waals surface area contributed by atoms with E-state index in [4.69, 9.17) is 4.42 Å². The third-order valence-electron chi connectivity index (χ3n) is 3.97. The molecule has 0 amide bonds. The minimum Gasteiger partial charge on any atom is -0.465 e. The molecule has 1 radical (unpaired) electrons. The van der Waals surface area contributed by atoms with Crippen molar-refractivity contribution in [2.45, 2.75) is 6.92 Å². The summed E-state index contributed by atoms with van der Waals surface area (Å²) in [6.07, 6.45) is 6.14. The zero-order valence-corrected chi connectivity index (χ0v) is 14.8. The Labute approximate surface area is 149 Å². The van der Waals surface area contributed by atoms with Crippen molar-refractivity contribution in [1.29, 1.82) is 0 Å². The molecule has 3 aromatic rings. The molecule has 1 aromatic heterocycles. The van der Waals surface area contributed by atoms with Crippen molar-refractivity contribution >= 4 is 11.6 Å². The van der Waals surface area contributed by atoms with Gasteiger partial charge in [-0.3, -0.25) is 0 Å². The largest absolute Gasteiger partial charge is 0.465 e. The summed E-state index contributed by atoms with van der Waals surface area (Å²) in [5.41, 5.74) is 7.55. The first kappa shape index (κ1) is 15.2. The van der Waals surface area contributed by atoms with Gasteiger partial charge in [0.15, 0.2) is 0 Å². The van der Waals surface area contributed by atoms with Gasteiger partial charge in [-0.05, 0) is 52.9 Å². The van der Waals surface area contributed by atoms with Crippen molar-refractivity contribution in [2.75, 3.05) is 0 Å². The van der Waals surface area contributed by atoms with Gasteiger partial charge in [0.1, 0.15) is 5.76 Å². The Morgan fingerprint density at radius 3 is 2.41 bits per heavy atom. The van der Waals surface area contributed by atoms with Crippen LogP contribution in [0.4, 0.5) is 0 Å². The van der Waals surface area contributed by atoms with E-state index in [2.05, 4.69) is 61.9 Å². The van der Waals surface area contributed by atoms with E-state index in [1.807, 2.05) is 12.1 Å². The summed E-state index contributed by atoms with van der Waals surface area (Å²) >= 11 is 0. The summed E-state index contributed by atoms with van der Waals surface area (Å²) in [6, 6.07) is 18.9. The second kappa shape index (κ2) is 6.22. The van der Waals surface area contributed by atoms with Crippen LogP contribution in [0.25, 0.3) is 22.8 Å².